The average molecular weight is 304 g/mol. The molecule has 0 spiro atoms. The molecule has 0 aliphatic carbocycles. The summed E-state index contributed by atoms with van der Waals surface area (Å²) in [6.45, 7) is 5.35. The molecule has 0 atom stereocenters. The summed E-state index contributed by atoms with van der Waals surface area (Å²) in [6, 6.07) is 5.56. The van der Waals surface area contributed by atoms with Crippen molar-refractivity contribution in [1.82, 2.24) is 10.0 Å². The number of H-pyrrole nitrogens is 1. The van der Waals surface area contributed by atoms with Crippen molar-refractivity contribution in [3.8, 4) is 5.75 Å². The molecule has 1 aromatic heterocycles. The van der Waals surface area contributed by atoms with Gasteiger partial charge in [-0.2, -0.15) is 5.06 Å². The Morgan fingerprint density at radius 1 is 1.36 bits per heavy atom. The highest BCUT2D eigenvalue weighted by atomic mass is 16.7. The van der Waals surface area contributed by atoms with Gasteiger partial charge < -0.3 is 14.8 Å². The van der Waals surface area contributed by atoms with Gasteiger partial charge in [-0.15, -0.1) is 0 Å². The van der Waals surface area contributed by atoms with Crippen LogP contribution in [0.4, 0.5) is 0 Å². The van der Waals surface area contributed by atoms with Crippen molar-refractivity contribution in [3.05, 3.63) is 30.0 Å². The lowest BCUT2D eigenvalue weighted by Gasteiger charge is -2.28. The Hall–Kier alpha value is -1.56. The fraction of sp³-hybridized carbons (Fsp3) is 0.529. The van der Waals surface area contributed by atoms with Crippen molar-refractivity contribution in [2.24, 2.45) is 0 Å². The van der Waals surface area contributed by atoms with Gasteiger partial charge in [-0.05, 0) is 37.0 Å². The van der Waals surface area contributed by atoms with Crippen molar-refractivity contribution in [2.75, 3.05) is 26.3 Å². The number of ether oxygens (including phenoxy) is 1. The van der Waals surface area contributed by atoms with Gasteiger partial charge in [-0.1, -0.05) is 13.0 Å². The minimum Gasteiger partial charge on any atom is -0.507 e. The first-order valence-corrected chi connectivity index (χ1v) is 8.05. The second kappa shape index (κ2) is 7.13. The minimum absolute atomic E-state index is 0.269. The highest BCUT2D eigenvalue weighted by molar-refractivity contribution is 5.88. The number of nitrogens with one attached hydrogen (secondary N) is 1. The lowest BCUT2D eigenvalue weighted by atomic mass is 10.1. The predicted molar refractivity (Wildman–Crippen MR) is 85.8 cm³/mol. The average Bonchev–Trinajstić information content (AvgIpc) is 2.97. The number of fused-ring (bicyclic) bond motifs is 1. The van der Waals surface area contributed by atoms with Crippen LogP contribution in [0.1, 0.15) is 25.3 Å². The molecule has 2 aromatic rings. The van der Waals surface area contributed by atoms with E-state index in [-0.39, 0.29) is 6.10 Å². The molecule has 120 valence electrons. The van der Waals surface area contributed by atoms with Crippen LogP contribution >= 0.6 is 0 Å². The van der Waals surface area contributed by atoms with Crippen molar-refractivity contribution in [3.63, 3.8) is 0 Å². The lowest BCUT2D eigenvalue weighted by molar-refractivity contribution is -0.211. The maximum Gasteiger partial charge on any atom is 0.125 e. The number of hydroxylamine groups is 2. The number of benzene rings is 1. The van der Waals surface area contributed by atoms with Gasteiger partial charge in [0.15, 0.2) is 0 Å². The summed E-state index contributed by atoms with van der Waals surface area (Å²) in [4.78, 5) is 9.28. The van der Waals surface area contributed by atoms with E-state index in [1.54, 1.807) is 6.07 Å². The lowest BCUT2D eigenvalue weighted by Crippen LogP contribution is -2.34. The van der Waals surface area contributed by atoms with E-state index in [9.17, 15) is 5.11 Å². The van der Waals surface area contributed by atoms with Crippen LogP contribution in [-0.4, -0.2) is 47.6 Å². The Kier molecular flexibility index (Phi) is 4.97. The second-order valence-electron chi connectivity index (χ2n) is 5.70. The van der Waals surface area contributed by atoms with Gasteiger partial charge >= 0.3 is 0 Å². The van der Waals surface area contributed by atoms with Crippen LogP contribution in [-0.2, 0) is 16.0 Å². The molecule has 0 radical (unpaired) electrons. The van der Waals surface area contributed by atoms with Crippen LogP contribution in [0.2, 0.25) is 0 Å². The highest BCUT2D eigenvalue weighted by Gasteiger charge is 2.18. The molecule has 1 aliphatic heterocycles. The molecular weight excluding hydrogens is 280 g/mol. The molecule has 2 N–H and O–H groups in total. The zero-order valence-electron chi connectivity index (χ0n) is 13.0. The van der Waals surface area contributed by atoms with Crippen molar-refractivity contribution >= 4 is 10.9 Å². The van der Waals surface area contributed by atoms with Crippen molar-refractivity contribution in [1.29, 1.82) is 0 Å². The van der Waals surface area contributed by atoms with Gasteiger partial charge in [0.05, 0.1) is 6.10 Å². The summed E-state index contributed by atoms with van der Waals surface area (Å²) in [5, 5.41) is 13.0. The first-order chi connectivity index (χ1) is 10.8. The van der Waals surface area contributed by atoms with Gasteiger partial charge in [0.1, 0.15) is 5.75 Å². The van der Waals surface area contributed by atoms with Crippen LogP contribution in [0.25, 0.3) is 10.9 Å². The summed E-state index contributed by atoms with van der Waals surface area (Å²) in [7, 11) is 0. The van der Waals surface area contributed by atoms with E-state index in [1.807, 2.05) is 23.4 Å². The monoisotopic (exact) mass is 304 g/mol. The summed E-state index contributed by atoms with van der Waals surface area (Å²) in [6.07, 6.45) is 5.01. The summed E-state index contributed by atoms with van der Waals surface area (Å²) in [5.41, 5.74) is 2.10. The van der Waals surface area contributed by atoms with Crippen LogP contribution in [0.5, 0.6) is 5.75 Å². The number of hydrogen-bond donors (Lipinski definition) is 2. The largest absolute Gasteiger partial charge is 0.507 e. The Morgan fingerprint density at radius 2 is 2.18 bits per heavy atom. The van der Waals surface area contributed by atoms with Gasteiger partial charge in [-0.3, -0.25) is 4.84 Å². The standard InChI is InChI=1S/C17H24N2O3/c1-2-19(22-14-7-10-21-11-8-14)9-6-13-12-18-15-4-3-5-16(20)17(13)15/h3-5,12,14,18,20H,2,6-11H2,1H3. The fourth-order valence-electron chi connectivity index (χ4n) is 2.95. The van der Waals surface area contributed by atoms with E-state index < -0.39 is 0 Å². The third-order valence-electron chi connectivity index (χ3n) is 4.22. The number of aromatic amines is 1. The van der Waals surface area contributed by atoms with E-state index in [0.29, 0.717) is 5.75 Å². The van der Waals surface area contributed by atoms with E-state index in [1.165, 1.54) is 0 Å². The van der Waals surface area contributed by atoms with E-state index in [4.69, 9.17) is 9.57 Å². The summed E-state index contributed by atoms with van der Waals surface area (Å²) in [5.74, 6) is 0.335. The van der Waals surface area contributed by atoms with Crippen molar-refractivity contribution < 1.29 is 14.7 Å². The van der Waals surface area contributed by atoms with Crippen LogP contribution in [0.3, 0.4) is 0 Å². The highest BCUT2D eigenvalue weighted by Crippen LogP contribution is 2.28. The maximum absolute atomic E-state index is 10.0. The quantitative estimate of drug-likeness (QED) is 0.806. The molecule has 0 bridgehead atoms. The number of nitrogens with zero attached hydrogens (tertiary/aromatic N) is 1. The fourth-order valence-corrected chi connectivity index (χ4v) is 2.95. The number of phenols is 1. The second-order valence-corrected chi connectivity index (χ2v) is 5.70. The molecule has 2 heterocycles. The number of rotatable bonds is 6. The molecule has 0 amide bonds. The molecule has 1 fully saturated rings. The zero-order chi connectivity index (χ0) is 15.4. The molecule has 5 nitrogen and oxygen atoms in total. The molecule has 0 unspecified atom stereocenters. The van der Waals surface area contributed by atoms with Crippen LogP contribution in [0, 0.1) is 0 Å². The summed E-state index contributed by atoms with van der Waals surface area (Å²) >= 11 is 0. The predicted octanol–water partition coefficient (Wildman–Crippen LogP) is 2.85. The summed E-state index contributed by atoms with van der Waals surface area (Å²) < 4.78 is 5.36. The first kappa shape index (κ1) is 15.3. The van der Waals surface area contributed by atoms with Gasteiger partial charge in [-0.25, -0.2) is 0 Å². The van der Waals surface area contributed by atoms with Gasteiger partial charge in [0.25, 0.3) is 0 Å². The number of aromatic nitrogens is 1. The van der Waals surface area contributed by atoms with Crippen LogP contribution in [0.15, 0.2) is 24.4 Å². The minimum atomic E-state index is 0.269. The topological polar surface area (TPSA) is 57.7 Å². The van der Waals surface area contributed by atoms with E-state index >= 15 is 0 Å². The molecular formula is C17H24N2O3. The molecule has 5 heteroatoms. The van der Waals surface area contributed by atoms with Gasteiger partial charge in [0.2, 0.25) is 0 Å². The normalized spacial score (nSPS) is 16.6. The molecule has 1 aromatic carbocycles. The SMILES string of the molecule is CCN(CCc1c[nH]c2cccc(O)c12)OC1CCOCC1. The third kappa shape index (κ3) is 3.43. The van der Waals surface area contributed by atoms with Gasteiger partial charge in [0, 0.05) is 43.4 Å². The first-order valence-electron chi connectivity index (χ1n) is 8.05. The number of phenolic OH excluding ortho intramolecular Hbond substituents is 1. The smallest absolute Gasteiger partial charge is 0.125 e. The number of hydrogen-bond acceptors (Lipinski definition) is 4. The molecule has 1 saturated heterocycles. The van der Waals surface area contributed by atoms with Crippen molar-refractivity contribution in [2.45, 2.75) is 32.3 Å². The molecule has 3 rings (SSSR count). The third-order valence-corrected chi connectivity index (χ3v) is 4.22. The molecule has 1 aliphatic rings. The Bertz CT molecular complexity index is 605. The Labute approximate surface area is 130 Å². The number of likely N-dealkylation sites (N-methyl/N-ethyl adjacent to an activating group) is 1. The maximum atomic E-state index is 10.0. The van der Waals surface area contributed by atoms with E-state index in [2.05, 4.69) is 11.9 Å². The van der Waals surface area contributed by atoms with E-state index in [0.717, 1.165) is 62.0 Å². The van der Waals surface area contributed by atoms with Crippen LogP contribution < -0.4 is 0 Å². The Balaban J connectivity index is 1.61. The Morgan fingerprint density at radius 3 is 2.95 bits per heavy atom. The zero-order valence-corrected chi connectivity index (χ0v) is 13.0. The number of aromatic hydroxyl groups is 1. The molecule has 22 heavy (non-hydrogen) atoms. The molecule has 0 saturated carbocycles.